The number of rotatable bonds is 4. The van der Waals surface area contributed by atoms with Gasteiger partial charge in [0.1, 0.15) is 4.21 Å². The molecule has 2 aromatic heterocycles. The summed E-state index contributed by atoms with van der Waals surface area (Å²) in [5, 5.41) is 3.68. The molecule has 0 saturated carbocycles. The van der Waals surface area contributed by atoms with Crippen molar-refractivity contribution >= 4 is 32.7 Å². The molecule has 4 nitrogen and oxygen atoms in total. The molecule has 114 valence electrons. The van der Waals surface area contributed by atoms with Crippen molar-refractivity contribution in [3.05, 3.63) is 58.0 Å². The summed E-state index contributed by atoms with van der Waals surface area (Å²) in [6, 6.07) is 13.2. The van der Waals surface area contributed by atoms with E-state index in [2.05, 4.69) is 4.40 Å². The molecule has 0 atom stereocenters. The third kappa shape index (κ3) is 2.92. The first-order chi connectivity index (χ1) is 10.6. The third-order valence-electron chi connectivity index (χ3n) is 3.13. The largest absolute Gasteiger partial charge is 0.316 e. The van der Waals surface area contributed by atoms with Crippen LogP contribution in [-0.4, -0.2) is 13.0 Å². The molecule has 22 heavy (non-hydrogen) atoms. The number of nitrogens with zero attached hydrogens (tertiary/aromatic N) is 2. The Labute approximate surface area is 137 Å². The summed E-state index contributed by atoms with van der Waals surface area (Å²) in [6.07, 6.45) is 0. The average Bonchev–Trinajstić information content (AvgIpc) is 3.17. The van der Waals surface area contributed by atoms with Crippen LogP contribution in [0.5, 0.6) is 0 Å². The van der Waals surface area contributed by atoms with Gasteiger partial charge in [-0.15, -0.1) is 27.1 Å². The molecule has 0 N–H and O–H groups in total. The maximum Gasteiger partial charge on any atom is 0.294 e. The van der Waals surface area contributed by atoms with E-state index in [0.29, 0.717) is 11.3 Å². The Morgan fingerprint density at radius 2 is 1.86 bits per heavy atom. The monoisotopic (exact) mass is 350 g/mol. The van der Waals surface area contributed by atoms with Gasteiger partial charge in [-0.3, -0.25) is 0 Å². The van der Waals surface area contributed by atoms with Crippen molar-refractivity contribution in [3.63, 3.8) is 0 Å². The smallest absolute Gasteiger partial charge is 0.294 e. The fourth-order valence-corrected chi connectivity index (χ4v) is 5.27. The minimum absolute atomic E-state index is 0.268. The highest BCUT2D eigenvalue weighted by Crippen LogP contribution is 2.21. The van der Waals surface area contributed by atoms with Crippen LogP contribution in [0.2, 0.25) is 0 Å². The predicted molar refractivity (Wildman–Crippen MR) is 90.5 cm³/mol. The highest BCUT2D eigenvalue weighted by molar-refractivity contribution is 7.92. The summed E-state index contributed by atoms with van der Waals surface area (Å²) >= 11 is 2.52. The Balaban J connectivity index is 2.14. The summed E-state index contributed by atoms with van der Waals surface area (Å²) in [5.74, 6) is 0. The van der Waals surface area contributed by atoms with E-state index < -0.39 is 10.0 Å². The van der Waals surface area contributed by atoms with Crippen LogP contribution in [0.1, 0.15) is 6.92 Å². The molecular formula is C15H14N2O2S3. The van der Waals surface area contributed by atoms with Crippen molar-refractivity contribution in [1.82, 2.24) is 4.57 Å². The van der Waals surface area contributed by atoms with Crippen LogP contribution in [0.4, 0.5) is 0 Å². The van der Waals surface area contributed by atoms with Gasteiger partial charge in [-0.1, -0.05) is 36.4 Å². The van der Waals surface area contributed by atoms with Crippen molar-refractivity contribution in [2.45, 2.75) is 17.7 Å². The highest BCUT2D eigenvalue weighted by Gasteiger charge is 2.15. The molecule has 0 aliphatic carbocycles. The number of thiazole rings is 1. The van der Waals surface area contributed by atoms with Gasteiger partial charge in [-0.2, -0.15) is 8.42 Å². The molecule has 0 bridgehead atoms. The van der Waals surface area contributed by atoms with Gasteiger partial charge in [0.15, 0.2) is 0 Å². The molecule has 0 fully saturated rings. The van der Waals surface area contributed by atoms with E-state index >= 15 is 0 Å². The zero-order valence-corrected chi connectivity index (χ0v) is 14.3. The van der Waals surface area contributed by atoms with Crippen LogP contribution < -0.4 is 4.80 Å². The zero-order valence-electron chi connectivity index (χ0n) is 11.8. The average molecular weight is 350 g/mol. The SMILES string of the molecule is CCn1c(-c2ccccc2)cs/c1=N/S(=O)(=O)c1cccs1. The Kier molecular flexibility index (Phi) is 4.28. The second-order valence-electron chi connectivity index (χ2n) is 4.51. The van der Waals surface area contributed by atoms with Gasteiger partial charge in [0.25, 0.3) is 10.0 Å². The van der Waals surface area contributed by atoms with Crippen molar-refractivity contribution in [2.75, 3.05) is 0 Å². The molecule has 0 amide bonds. The second-order valence-corrected chi connectivity index (χ2v) is 8.13. The normalized spacial score (nSPS) is 12.7. The van der Waals surface area contributed by atoms with E-state index in [1.54, 1.807) is 17.5 Å². The molecule has 0 saturated heterocycles. The molecule has 7 heteroatoms. The number of thiophene rings is 1. The van der Waals surface area contributed by atoms with Crippen LogP contribution in [0.3, 0.4) is 0 Å². The summed E-state index contributed by atoms with van der Waals surface area (Å²) < 4.78 is 30.8. The Bertz CT molecular complexity index is 921. The molecule has 3 aromatic rings. The number of benzene rings is 1. The fraction of sp³-hybridized carbons (Fsp3) is 0.133. The molecule has 0 unspecified atom stereocenters. The third-order valence-corrected chi connectivity index (χ3v) is 6.75. The van der Waals surface area contributed by atoms with E-state index in [1.165, 1.54) is 22.7 Å². The summed E-state index contributed by atoms with van der Waals surface area (Å²) in [7, 11) is -3.64. The van der Waals surface area contributed by atoms with Gasteiger partial charge in [-0.05, 0) is 23.9 Å². The Morgan fingerprint density at radius 3 is 2.50 bits per heavy atom. The van der Waals surface area contributed by atoms with E-state index in [0.717, 1.165) is 11.3 Å². The fourth-order valence-electron chi connectivity index (χ4n) is 2.11. The second kappa shape index (κ2) is 6.20. The van der Waals surface area contributed by atoms with Crippen molar-refractivity contribution in [2.24, 2.45) is 4.40 Å². The zero-order chi connectivity index (χ0) is 15.6. The lowest BCUT2D eigenvalue weighted by atomic mass is 10.2. The number of hydrogen-bond donors (Lipinski definition) is 0. The number of hydrogen-bond acceptors (Lipinski definition) is 4. The molecular weight excluding hydrogens is 336 g/mol. The molecule has 2 heterocycles. The van der Waals surface area contributed by atoms with Crippen LogP contribution in [0.15, 0.2) is 61.8 Å². The number of sulfonamides is 1. The van der Waals surface area contributed by atoms with Gasteiger partial charge in [0.2, 0.25) is 4.80 Å². The number of aromatic nitrogens is 1. The van der Waals surface area contributed by atoms with Crippen LogP contribution in [-0.2, 0) is 16.6 Å². The topological polar surface area (TPSA) is 51.4 Å². The molecule has 3 rings (SSSR count). The highest BCUT2D eigenvalue weighted by atomic mass is 32.2. The van der Waals surface area contributed by atoms with Gasteiger partial charge < -0.3 is 4.57 Å². The van der Waals surface area contributed by atoms with Gasteiger partial charge in [0, 0.05) is 11.9 Å². The molecule has 0 aliphatic rings. The van der Waals surface area contributed by atoms with E-state index in [9.17, 15) is 8.42 Å². The van der Waals surface area contributed by atoms with Gasteiger partial charge >= 0.3 is 0 Å². The molecule has 1 aromatic carbocycles. The first-order valence-corrected chi connectivity index (χ1v) is 9.90. The quantitative estimate of drug-likeness (QED) is 0.722. The maximum atomic E-state index is 12.3. The van der Waals surface area contributed by atoms with E-state index in [4.69, 9.17) is 0 Å². The van der Waals surface area contributed by atoms with Crippen LogP contribution >= 0.6 is 22.7 Å². The Hall–Kier alpha value is -1.70. The van der Waals surface area contributed by atoms with Crippen LogP contribution in [0.25, 0.3) is 11.3 Å². The lowest BCUT2D eigenvalue weighted by molar-refractivity contribution is 0.597. The van der Waals surface area contributed by atoms with E-state index in [-0.39, 0.29) is 4.21 Å². The van der Waals surface area contributed by atoms with E-state index in [1.807, 2.05) is 47.2 Å². The van der Waals surface area contributed by atoms with Crippen molar-refractivity contribution in [1.29, 1.82) is 0 Å². The summed E-state index contributed by atoms with van der Waals surface area (Å²) in [4.78, 5) is 0.495. The minimum Gasteiger partial charge on any atom is -0.316 e. The van der Waals surface area contributed by atoms with Crippen LogP contribution in [0, 0.1) is 0 Å². The van der Waals surface area contributed by atoms with Gasteiger partial charge in [0.05, 0.1) is 5.69 Å². The molecule has 0 radical (unpaired) electrons. The predicted octanol–water partition coefficient (Wildman–Crippen LogP) is 3.59. The lowest BCUT2D eigenvalue weighted by Crippen LogP contribution is -2.17. The lowest BCUT2D eigenvalue weighted by Gasteiger charge is -2.05. The van der Waals surface area contributed by atoms with Crippen molar-refractivity contribution < 1.29 is 8.42 Å². The molecule has 0 aliphatic heterocycles. The summed E-state index contributed by atoms with van der Waals surface area (Å²) in [5.41, 5.74) is 2.03. The first kappa shape index (κ1) is 15.2. The maximum absolute atomic E-state index is 12.3. The molecule has 0 spiro atoms. The minimum atomic E-state index is -3.64. The first-order valence-electron chi connectivity index (χ1n) is 6.70. The Morgan fingerprint density at radius 1 is 1.09 bits per heavy atom. The standard InChI is InChI=1S/C15H14N2O2S3/c1-2-17-13(12-7-4-3-5-8-12)11-21-15(17)16-22(18,19)14-9-6-10-20-14/h3-11H,2H2,1H3/b16-15+. The van der Waals surface area contributed by atoms with Crippen molar-refractivity contribution in [3.8, 4) is 11.3 Å². The summed E-state index contributed by atoms with van der Waals surface area (Å²) in [6.45, 7) is 2.64. The van der Waals surface area contributed by atoms with Gasteiger partial charge in [-0.25, -0.2) is 0 Å².